The summed E-state index contributed by atoms with van der Waals surface area (Å²) in [7, 11) is 0. The first-order chi connectivity index (χ1) is 14.6. The Labute approximate surface area is 181 Å². The molecule has 0 aliphatic heterocycles. The number of Topliss-reactive ketones (excluding diaryl/α,β-unsaturated/α-hetero) is 1. The molecule has 0 unspecified atom stereocenters. The van der Waals surface area contributed by atoms with Gasteiger partial charge in [-0.05, 0) is 84.6 Å². The van der Waals surface area contributed by atoms with Crippen LogP contribution < -0.4 is 4.74 Å². The quantitative estimate of drug-likeness (QED) is 0.560. The van der Waals surface area contributed by atoms with Gasteiger partial charge in [0.25, 0.3) is 0 Å². The maximum absolute atomic E-state index is 12.6. The molecule has 0 saturated heterocycles. The van der Waals surface area contributed by atoms with Crippen LogP contribution in [0.5, 0.6) is 5.75 Å². The van der Waals surface area contributed by atoms with Crippen LogP contribution in [0.15, 0.2) is 42.5 Å². The fourth-order valence-corrected chi connectivity index (χ4v) is 6.75. The molecule has 2 nitrogen and oxygen atoms in total. The van der Waals surface area contributed by atoms with Gasteiger partial charge in [0.15, 0.2) is 0 Å². The fourth-order valence-electron chi connectivity index (χ4n) is 6.75. The van der Waals surface area contributed by atoms with Crippen LogP contribution in [-0.2, 0) is 24.2 Å². The molecule has 2 saturated carbocycles. The summed E-state index contributed by atoms with van der Waals surface area (Å²) in [4.78, 5) is 12.6. The van der Waals surface area contributed by atoms with Crippen LogP contribution in [0.4, 0.5) is 0 Å². The third kappa shape index (κ3) is 3.29. The first-order valence-electron chi connectivity index (χ1n) is 12.0. The SMILES string of the molecule is CCCc1cc2c(cc1OCc1ccccc1)CC[C@@H]1[C@@H]2CC[C@]2(C)C(=O)CC[C@@H]12. The Morgan fingerprint density at radius 1 is 1.07 bits per heavy atom. The van der Waals surface area contributed by atoms with Crippen molar-refractivity contribution in [2.75, 3.05) is 0 Å². The monoisotopic (exact) mass is 402 g/mol. The van der Waals surface area contributed by atoms with E-state index in [2.05, 4.69) is 50.2 Å². The standard InChI is InChI=1S/C28H34O2/c1-3-7-21-16-24-20(17-26(21)30-18-19-8-5-4-6-9-19)10-11-23-22(24)14-15-28(2)25(23)12-13-27(28)29/h4-6,8-9,16-17,22-23,25H,3,7,10-15,18H2,1-2H3/t22-,23+,25-,28-/m0/s1. The lowest BCUT2D eigenvalue weighted by Gasteiger charge is -2.48. The maximum Gasteiger partial charge on any atom is 0.139 e. The minimum Gasteiger partial charge on any atom is -0.489 e. The molecule has 158 valence electrons. The van der Waals surface area contributed by atoms with E-state index in [4.69, 9.17) is 4.74 Å². The second-order valence-electron chi connectivity index (χ2n) is 10.0. The Morgan fingerprint density at radius 2 is 1.90 bits per heavy atom. The summed E-state index contributed by atoms with van der Waals surface area (Å²) in [6.07, 6.45) is 8.73. The molecule has 2 aromatic rings. The van der Waals surface area contributed by atoms with Gasteiger partial charge in [-0.25, -0.2) is 0 Å². The van der Waals surface area contributed by atoms with Crippen molar-refractivity contribution in [3.8, 4) is 5.75 Å². The Morgan fingerprint density at radius 3 is 2.70 bits per heavy atom. The third-order valence-electron chi connectivity index (χ3n) is 8.37. The lowest BCUT2D eigenvalue weighted by Crippen LogP contribution is -2.42. The van der Waals surface area contributed by atoms with Gasteiger partial charge in [0.1, 0.15) is 18.1 Å². The van der Waals surface area contributed by atoms with Crippen molar-refractivity contribution >= 4 is 5.78 Å². The number of benzene rings is 2. The van der Waals surface area contributed by atoms with Crippen molar-refractivity contribution in [1.82, 2.24) is 0 Å². The molecular formula is C28H34O2. The Bertz CT molecular complexity index is 931. The van der Waals surface area contributed by atoms with E-state index in [0.717, 1.165) is 44.3 Å². The van der Waals surface area contributed by atoms with Gasteiger partial charge in [-0.3, -0.25) is 4.79 Å². The molecule has 0 heterocycles. The van der Waals surface area contributed by atoms with Gasteiger partial charge in [0.05, 0.1) is 0 Å². The molecular weight excluding hydrogens is 368 g/mol. The minimum atomic E-state index is -0.0380. The average molecular weight is 403 g/mol. The number of hydrogen-bond donors (Lipinski definition) is 0. The number of rotatable bonds is 5. The molecule has 4 atom stereocenters. The molecule has 3 aliphatic carbocycles. The highest BCUT2D eigenvalue weighted by molar-refractivity contribution is 5.87. The zero-order chi connectivity index (χ0) is 20.7. The van der Waals surface area contributed by atoms with Gasteiger partial charge in [0.2, 0.25) is 0 Å². The predicted molar refractivity (Wildman–Crippen MR) is 121 cm³/mol. The lowest BCUT2D eigenvalue weighted by molar-refractivity contribution is -0.129. The van der Waals surface area contributed by atoms with Crippen molar-refractivity contribution in [1.29, 1.82) is 0 Å². The van der Waals surface area contributed by atoms with Crippen LogP contribution in [0.25, 0.3) is 0 Å². The van der Waals surface area contributed by atoms with E-state index in [9.17, 15) is 4.79 Å². The molecule has 0 amide bonds. The number of ketones is 1. The van der Waals surface area contributed by atoms with E-state index in [1.165, 1.54) is 29.5 Å². The smallest absolute Gasteiger partial charge is 0.139 e. The van der Waals surface area contributed by atoms with E-state index in [1.54, 1.807) is 5.56 Å². The lowest BCUT2D eigenvalue weighted by atomic mass is 9.55. The summed E-state index contributed by atoms with van der Waals surface area (Å²) in [5, 5.41) is 0. The zero-order valence-corrected chi connectivity index (χ0v) is 18.5. The van der Waals surface area contributed by atoms with Gasteiger partial charge in [-0.1, -0.05) is 56.7 Å². The van der Waals surface area contributed by atoms with Crippen LogP contribution in [0.2, 0.25) is 0 Å². The second-order valence-corrected chi connectivity index (χ2v) is 10.0. The van der Waals surface area contributed by atoms with E-state index in [1.807, 2.05) is 6.07 Å². The third-order valence-corrected chi connectivity index (χ3v) is 8.37. The van der Waals surface area contributed by atoms with Crippen molar-refractivity contribution < 1.29 is 9.53 Å². The molecule has 0 radical (unpaired) electrons. The van der Waals surface area contributed by atoms with Crippen molar-refractivity contribution in [3.05, 3.63) is 64.7 Å². The first kappa shape index (κ1) is 19.8. The molecule has 0 N–H and O–H groups in total. The van der Waals surface area contributed by atoms with Crippen LogP contribution in [0, 0.1) is 17.3 Å². The minimum absolute atomic E-state index is 0.0380. The summed E-state index contributed by atoms with van der Waals surface area (Å²) >= 11 is 0. The van der Waals surface area contributed by atoms with Crippen molar-refractivity contribution in [2.45, 2.75) is 77.7 Å². The molecule has 0 bridgehead atoms. The van der Waals surface area contributed by atoms with Crippen LogP contribution in [-0.4, -0.2) is 5.78 Å². The van der Waals surface area contributed by atoms with Gasteiger partial charge >= 0.3 is 0 Å². The summed E-state index contributed by atoms with van der Waals surface area (Å²) in [6.45, 7) is 5.14. The first-order valence-corrected chi connectivity index (χ1v) is 12.0. The van der Waals surface area contributed by atoms with Gasteiger partial charge in [-0.2, -0.15) is 0 Å². The molecule has 3 aliphatic rings. The van der Waals surface area contributed by atoms with Crippen LogP contribution >= 0.6 is 0 Å². The molecule has 2 aromatic carbocycles. The van der Waals surface area contributed by atoms with Gasteiger partial charge in [-0.15, -0.1) is 0 Å². The summed E-state index contributed by atoms with van der Waals surface area (Å²) in [5.74, 6) is 3.54. The largest absolute Gasteiger partial charge is 0.489 e. The van der Waals surface area contributed by atoms with Crippen LogP contribution in [0.3, 0.4) is 0 Å². The van der Waals surface area contributed by atoms with E-state index < -0.39 is 0 Å². The number of fused-ring (bicyclic) bond motifs is 5. The highest BCUT2D eigenvalue weighted by Gasteiger charge is 2.54. The van der Waals surface area contributed by atoms with Crippen LogP contribution in [0.1, 0.15) is 80.5 Å². The topological polar surface area (TPSA) is 26.3 Å². The molecule has 0 aromatic heterocycles. The fraction of sp³-hybridized carbons (Fsp3) is 0.536. The van der Waals surface area contributed by atoms with Gasteiger partial charge < -0.3 is 4.74 Å². The average Bonchev–Trinajstić information content (AvgIpc) is 3.07. The van der Waals surface area contributed by atoms with E-state index >= 15 is 0 Å². The van der Waals surface area contributed by atoms with Gasteiger partial charge in [0, 0.05) is 11.8 Å². The summed E-state index contributed by atoms with van der Waals surface area (Å²) < 4.78 is 6.33. The molecule has 2 fully saturated rings. The highest BCUT2D eigenvalue weighted by atomic mass is 16.5. The van der Waals surface area contributed by atoms with Crippen molar-refractivity contribution in [2.24, 2.45) is 17.3 Å². The molecule has 0 spiro atoms. The Kier molecular flexibility index (Phi) is 5.21. The number of carbonyl (C=O) groups is 1. The van der Waals surface area contributed by atoms with Crippen molar-refractivity contribution in [3.63, 3.8) is 0 Å². The summed E-state index contributed by atoms with van der Waals surface area (Å²) in [6, 6.07) is 15.3. The molecule has 2 heteroatoms. The zero-order valence-electron chi connectivity index (χ0n) is 18.5. The Hall–Kier alpha value is -2.09. The molecule has 5 rings (SSSR count). The molecule has 30 heavy (non-hydrogen) atoms. The number of carbonyl (C=O) groups excluding carboxylic acids is 1. The van der Waals surface area contributed by atoms with E-state index in [-0.39, 0.29) is 5.41 Å². The number of hydrogen-bond acceptors (Lipinski definition) is 2. The number of ether oxygens (including phenoxy) is 1. The van der Waals surface area contributed by atoms with E-state index in [0.29, 0.717) is 30.1 Å². The predicted octanol–water partition coefficient (Wildman–Crippen LogP) is 6.64. The normalized spacial score (nSPS) is 29.8. The maximum atomic E-state index is 12.6. The summed E-state index contributed by atoms with van der Waals surface area (Å²) in [5.41, 5.74) is 5.61. The number of aryl methyl sites for hydroxylation is 2. The highest BCUT2D eigenvalue weighted by Crippen LogP contribution is 2.59. The Balaban J connectivity index is 1.43. The second kappa shape index (κ2) is 7.87.